The van der Waals surface area contributed by atoms with E-state index in [1.165, 1.54) is 13.2 Å². The molecule has 1 N–H and O–H groups in total. The predicted octanol–water partition coefficient (Wildman–Crippen LogP) is 2.55. The van der Waals surface area contributed by atoms with E-state index in [-0.39, 0.29) is 18.1 Å². The number of halogens is 1. The lowest BCUT2D eigenvalue weighted by Gasteiger charge is -2.33. The molecule has 1 fully saturated rings. The molecule has 0 saturated carbocycles. The van der Waals surface area contributed by atoms with E-state index < -0.39 is 5.82 Å². The molecular weight excluding hydrogens is 347 g/mol. The largest absolute Gasteiger partial charge is 0.494 e. The summed E-state index contributed by atoms with van der Waals surface area (Å²) in [4.78, 5) is 21.1. The van der Waals surface area contributed by atoms with Gasteiger partial charge in [0.25, 0.3) is 0 Å². The first-order valence-corrected chi connectivity index (χ1v) is 9.07. The van der Waals surface area contributed by atoms with Gasteiger partial charge in [0.1, 0.15) is 5.82 Å². The Morgan fingerprint density at radius 1 is 1.22 bits per heavy atom. The summed E-state index contributed by atoms with van der Waals surface area (Å²) in [5.74, 6) is 0.587. The molecule has 0 bridgehead atoms. The number of hydrogen-bond acceptors (Lipinski definition) is 5. The van der Waals surface area contributed by atoms with Crippen LogP contribution in [0.3, 0.4) is 0 Å². The lowest BCUT2D eigenvalue weighted by Crippen LogP contribution is -2.44. The molecule has 144 valence electrons. The van der Waals surface area contributed by atoms with Crippen molar-refractivity contribution in [3.05, 3.63) is 47.9 Å². The third kappa shape index (κ3) is 5.17. The number of carbonyl (C=O) groups excluding carboxylic acids is 1. The van der Waals surface area contributed by atoms with Crippen molar-refractivity contribution in [3.8, 4) is 5.75 Å². The SMILES string of the molecule is COc1ccc(CCC(=O)Nc2ccc(N3CCN(C)CC3)nc2)cc1F. The minimum Gasteiger partial charge on any atom is -0.494 e. The second kappa shape index (κ2) is 8.81. The summed E-state index contributed by atoms with van der Waals surface area (Å²) in [6.45, 7) is 3.94. The first-order valence-electron chi connectivity index (χ1n) is 9.07. The molecule has 0 unspecified atom stereocenters. The molecule has 1 aliphatic heterocycles. The van der Waals surface area contributed by atoms with Crippen LogP contribution in [0.4, 0.5) is 15.9 Å². The number of pyridine rings is 1. The first kappa shape index (κ1) is 19.1. The highest BCUT2D eigenvalue weighted by atomic mass is 19.1. The van der Waals surface area contributed by atoms with Crippen molar-refractivity contribution in [1.29, 1.82) is 0 Å². The number of methoxy groups -OCH3 is 1. The summed E-state index contributed by atoms with van der Waals surface area (Å²) >= 11 is 0. The van der Waals surface area contributed by atoms with Gasteiger partial charge in [-0.15, -0.1) is 0 Å². The number of hydrogen-bond donors (Lipinski definition) is 1. The average Bonchev–Trinajstić information content (AvgIpc) is 2.68. The van der Waals surface area contributed by atoms with E-state index in [0.717, 1.165) is 37.6 Å². The lowest BCUT2D eigenvalue weighted by molar-refractivity contribution is -0.116. The van der Waals surface area contributed by atoms with Gasteiger partial charge in [0.05, 0.1) is 19.0 Å². The molecule has 1 aromatic heterocycles. The molecular formula is C20H25FN4O2. The summed E-state index contributed by atoms with van der Waals surface area (Å²) < 4.78 is 18.6. The maximum atomic E-state index is 13.7. The molecule has 2 heterocycles. The van der Waals surface area contributed by atoms with Gasteiger partial charge >= 0.3 is 0 Å². The number of piperazine rings is 1. The molecule has 27 heavy (non-hydrogen) atoms. The highest BCUT2D eigenvalue weighted by molar-refractivity contribution is 5.90. The van der Waals surface area contributed by atoms with Gasteiger partial charge in [-0.2, -0.15) is 0 Å². The molecule has 2 aromatic rings. The number of carbonyl (C=O) groups is 1. The number of aromatic nitrogens is 1. The minimum atomic E-state index is -0.417. The fourth-order valence-electron chi connectivity index (χ4n) is 3.03. The fraction of sp³-hybridized carbons (Fsp3) is 0.400. The minimum absolute atomic E-state index is 0.125. The standard InChI is InChI=1S/C20H25FN4O2/c1-24-9-11-25(12-10-24)19-7-5-16(14-22-19)23-20(26)8-4-15-3-6-18(27-2)17(21)13-15/h3,5-7,13-14H,4,8-12H2,1-2H3,(H,23,26). The number of nitrogens with zero attached hydrogens (tertiary/aromatic N) is 3. The Bertz CT molecular complexity index is 774. The highest BCUT2D eigenvalue weighted by Gasteiger charge is 2.15. The van der Waals surface area contributed by atoms with Gasteiger partial charge in [-0.3, -0.25) is 4.79 Å². The number of aryl methyl sites for hydroxylation is 1. The third-order valence-electron chi connectivity index (χ3n) is 4.72. The third-order valence-corrected chi connectivity index (χ3v) is 4.72. The molecule has 0 spiro atoms. The number of nitrogens with one attached hydrogen (secondary N) is 1. The number of ether oxygens (including phenoxy) is 1. The van der Waals surface area contributed by atoms with Crippen LogP contribution in [0.15, 0.2) is 36.5 Å². The lowest BCUT2D eigenvalue weighted by atomic mass is 10.1. The van der Waals surface area contributed by atoms with Crippen molar-refractivity contribution >= 4 is 17.4 Å². The summed E-state index contributed by atoms with van der Waals surface area (Å²) in [7, 11) is 3.54. The zero-order valence-corrected chi connectivity index (χ0v) is 15.7. The number of likely N-dealkylation sites (N-methyl/N-ethyl adjacent to an activating group) is 1. The number of rotatable bonds is 6. The monoisotopic (exact) mass is 372 g/mol. The molecule has 6 nitrogen and oxygen atoms in total. The number of benzene rings is 1. The van der Waals surface area contributed by atoms with Gasteiger partial charge in [0, 0.05) is 32.6 Å². The van der Waals surface area contributed by atoms with Crippen molar-refractivity contribution < 1.29 is 13.9 Å². The van der Waals surface area contributed by atoms with Crippen LogP contribution in [-0.2, 0) is 11.2 Å². The predicted molar refractivity (Wildman–Crippen MR) is 104 cm³/mol. The Labute approximate surface area is 158 Å². The van der Waals surface area contributed by atoms with Crippen molar-refractivity contribution in [2.45, 2.75) is 12.8 Å². The molecule has 1 aliphatic rings. The van der Waals surface area contributed by atoms with Gasteiger partial charge in [0.15, 0.2) is 11.6 Å². The van der Waals surface area contributed by atoms with Crippen LogP contribution >= 0.6 is 0 Å². The van der Waals surface area contributed by atoms with E-state index in [1.807, 2.05) is 12.1 Å². The van der Waals surface area contributed by atoms with Crippen LogP contribution in [0.2, 0.25) is 0 Å². The average molecular weight is 372 g/mol. The molecule has 0 aliphatic carbocycles. The smallest absolute Gasteiger partial charge is 0.224 e. The van der Waals surface area contributed by atoms with Crippen LogP contribution in [0, 0.1) is 5.82 Å². The summed E-state index contributed by atoms with van der Waals surface area (Å²) in [5.41, 5.74) is 1.42. The van der Waals surface area contributed by atoms with Crippen LogP contribution in [0.5, 0.6) is 5.75 Å². The molecule has 1 aromatic carbocycles. The molecule has 0 atom stereocenters. The Morgan fingerprint density at radius 2 is 2.00 bits per heavy atom. The van der Waals surface area contributed by atoms with Crippen molar-refractivity contribution in [2.75, 3.05) is 50.6 Å². The van der Waals surface area contributed by atoms with Crippen molar-refractivity contribution in [3.63, 3.8) is 0 Å². The number of amides is 1. The van der Waals surface area contributed by atoms with E-state index in [4.69, 9.17) is 4.74 Å². The van der Waals surface area contributed by atoms with E-state index in [9.17, 15) is 9.18 Å². The zero-order chi connectivity index (χ0) is 19.2. The van der Waals surface area contributed by atoms with Gasteiger partial charge in [0.2, 0.25) is 5.91 Å². The quantitative estimate of drug-likeness (QED) is 0.845. The Morgan fingerprint density at radius 3 is 2.63 bits per heavy atom. The normalized spacial score (nSPS) is 14.9. The van der Waals surface area contributed by atoms with Crippen LogP contribution in [0.1, 0.15) is 12.0 Å². The molecule has 0 radical (unpaired) electrons. The van der Waals surface area contributed by atoms with Crippen LogP contribution in [-0.4, -0.2) is 56.1 Å². The molecule has 1 amide bonds. The maximum absolute atomic E-state index is 13.7. The Hall–Kier alpha value is -2.67. The summed E-state index contributed by atoms with van der Waals surface area (Å²) in [6.07, 6.45) is 2.41. The van der Waals surface area contributed by atoms with Gasteiger partial charge in [-0.1, -0.05) is 6.07 Å². The van der Waals surface area contributed by atoms with Gasteiger partial charge < -0.3 is 19.9 Å². The fourth-order valence-corrected chi connectivity index (χ4v) is 3.03. The van der Waals surface area contributed by atoms with Gasteiger partial charge in [-0.05, 0) is 43.3 Å². The van der Waals surface area contributed by atoms with Crippen LogP contribution in [0.25, 0.3) is 0 Å². The van der Waals surface area contributed by atoms with Crippen LogP contribution < -0.4 is 15.0 Å². The van der Waals surface area contributed by atoms with E-state index in [0.29, 0.717) is 12.1 Å². The maximum Gasteiger partial charge on any atom is 0.224 e. The van der Waals surface area contributed by atoms with Gasteiger partial charge in [-0.25, -0.2) is 9.37 Å². The summed E-state index contributed by atoms with van der Waals surface area (Å²) in [5, 5.41) is 2.84. The van der Waals surface area contributed by atoms with E-state index in [1.54, 1.807) is 18.3 Å². The van der Waals surface area contributed by atoms with E-state index in [2.05, 4.69) is 27.1 Å². The summed E-state index contributed by atoms with van der Waals surface area (Å²) in [6, 6.07) is 8.54. The second-order valence-electron chi connectivity index (χ2n) is 6.71. The molecule has 7 heteroatoms. The highest BCUT2D eigenvalue weighted by Crippen LogP contribution is 2.19. The second-order valence-corrected chi connectivity index (χ2v) is 6.71. The van der Waals surface area contributed by atoms with E-state index >= 15 is 0 Å². The number of anilines is 2. The first-order chi connectivity index (χ1) is 13.0. The molecule has 1 saturated heterocycles. The Kier molecular flexibility index (Phi) is 6.24. The molecule has 3 rings (SSSR count). The Balaban J connectivity index is 1.50. The van der Waals surface area contributed by atoms with Crippen molar-refractivity contribution in [2.24, 2.45) is 0 Å². The topological polar surface area (TPSA) is 57.7 Å². The van der Waals surface area contributed by atoms with Crippen molar-refractivity contribution in [1.82, 2.24) is 9.88 Å². The zero-order valence-electron chi connectivity index (χ0n) is 15.7.